The maximum absolute atomic E-state index is 12.4. The van der Waals surface area contributed by atoms with Gasteiger partial charge in [0.2, 0.25) is 5.91 Å². The van der Waals surface area contributed by atoms with Gasteiger partial charge in [0.15, 0.2) is 0 Å². The van der Waals surface area contributed by atoms with Crippen LogP contribution in [-0.2, 0) is 11.2 Å². The molecule has 5 heteroatoms. The molecular weight excluding hydrogens is 336 g/mol. The number of benzene rings is 2. The summed E-state index contributed by atoms with van der Waals surface area (Å²) in [6, 6.07) is 14.6. The number of imidazole rings is 1. The van der Waals surface area contributed by atoms with E-state index in [1.165, 1.54) is 11.3 Å². The number of carbonyl (C=O) groups is 1. The molecule has 0 bridgehead atoms. The first kappa shape index (κ1) is 17.6. The Balaban J connectivity index is 1.33. The summed E-state index contributed by atoms with van der Waals surface area (Å²) < 4.78 is 0. The number of H-pyrrole nitrogens is 1. The first-order valence-corrected chi connectivity index (χ1v) is 9.63. The van der Waals surface area contributed by atoms with Gasteiger partial charge in [-0.15, -0.1) is 0 Å². The molecule has 1 atom stereocenters. The highest BCUT2D eigenvalue weighted by Gasteiger charge is 2.23. The zero-order valence-electron chi connectivity index (χ0n) is 16.0. The zero-order valence-corrected chi connectivity index (χ0v) is 16.0. The molecule has 1 aliphatic heterocycles. The standard InChI is InChI=1S/C22H26N4O/c1-15-6-5-8-18-22(15)25-20(24-18)10-11-21(27)23-14-16-12-13-26(2)19-9-4-3-7-17(16)19/h3-9,16H,10-14H2,1-2H3,(H,23,27)(H,24,25). The molecule has 2 aromatic carbocycles. The van der Waals surface area contributed by atoms with Crippen LogP contribution in [-0.4, -0.2) is 36.0 Å². The Hall–Kier alpha value is -2.82. The lowest BCUT2D eigenvalue weighted by Gasteiger charge is -2.33. The molecule has 2 heterocycles. The second kappa shape index (κ2) is 7.43. The van der Waals surface area contributed by atoms with Gasteiger partial charge in [-0.05, 0) is 36.6 Å². The molecule has 0 saturated carbocycles. The van der Waals surface area contributed by atoms with Crippen LogP contribution in [0.3, 0.4) is 0 Å². The molecule has 140 valence electrons. The summed E-state index contributed by atoms with van der Waals surface area (Å²) in [6.07, 6.45) is 2.15. The SMILES string of the molecule is Cc1cccc2[nH]c(CCC(=O)NCC3CCN(C)c4ccccc43)nc12. The number of aromatic amines is 1. The fraction of sp³-hybridized carbons (Fsp3) is 0.364. The molecular formula is C22H26N4O. The van der Waals surface area contributed by atoms with Gasteiger partial charge in [-0.25, -0.2) is 4.98 Å². The normalized spacial score (nSPS) is 16.4. The number of anilines is 1. The van der Waals surface area contributed by atoms with Gasteiger partial charge in [0.1, 0.15) is 5.82 Å². The van der Waals surface area contributed by atoms with Crippen LogP contribution in [0.5, 0.6) is 0 Å². The number of nitrogens with one attached hydrogen (secondary N) is 2. The van der Waals surface area contributed by atoms with Crippen LogP contribution in [0.4, 0.5) is 5.69 Å². The molecule has 0 aliphatic carbocycles. The molecule has 2 N–H and O–H groups in total. The van der Waals surface area contributed by atoms with E-state index in [1.807, 2.05) is 12.1 Å². The van der Waals surface area contributed by atoms with Crippen molar-refractivity contribution in [3.8, 4) is 0 Å². The molecule has 1 aliphatic rings. The average molecular weight is 362 g/mol. The Bertz CT molecular complexity index is 962. The zero-order chi connectivity index (χ0) is 18.8. The number of para-hydroxylation sites is 2. The van der Waals surface area contributed by atoms with Crippen LogP contribution in [0, 0.1) is 6.92 Å². The van der Waals surface area contributed by atoms with Crippen molar-refractivity contribution in [2.24, 2.45) is 0 Å². The van der Waals surface area contributed by atoms with Crippen LogP contribution in [0.1, 0.15) is 35.7 Å². The quantitative estimate of drug-likeness (QED) is 0.730. The van der Waals surface area contributed by atoms with Gasteiger partial charge < -0.3 is 15.2 Å². The minimum atomic E-state index is 0.0867. The van der Waals surface area contributed by atoms with Crippen LogP contribution in [0.15, 0.2) is 42.5 Å². The maximum Gasteiger partial charge on any atom is 0.220 e. The van der Waals surface area contributed by atoms with Crippen LogP contribution in [0.2, 0.25) is 0 Å². The Labute approximate surface area is 159 Å². The molecule has 27 heavy (non-hydrogen) atoms. The fourth-order valence-electron chi connectivity index (χ4n) is 3.92. The van der Waals surface area contributed by atoms with Gasteiger partial charge in [0.05, 0.1) is 11.0 Å². The summed E-state index contributed by atoms with van der Waals surface area (Å²) in [6.45, 7) is 3.78. The van der Waals surface area contributed by atoms with Crippen molar-refractivity contribution in [1.82, 2.24) is 15.3 Å². The van der Waals surface area contributed by atoms with Crippen LogP contribution in [0.25, 0.3) is 11.0 Å². The molecule has 3 aromatic rings. The van der Waals surface area contributed by atoms with E-state index in [-0.39, 0.29) is 5.91 Å². The second-order valence-electron chi connectivity index (χ2n) is 7.42. The molecule has 4 rings (SSSR count). The van der Waals surface area contributed by atoms with Gasteiger partial charge in [0.25, 0.3) is 0 Å². The van der Waals surface area contributed by atoms with E-state index in [9.17, 15) is 4.79 Å². The topological polar surface area (TPSA) is 61.0 Å². The van der Waals surface area contributed by atoms with Crippen molar-refractivity contribution in [3.05, 3.63) is 59.4 Å². The number of amides is 1. The van der Waals surface area contributed by atoms with Gasteiger partial charge in [-0.2, -0.15) is 0 Å². The van der Waals surface area contributed by atoms with E-state index in [4.69, 9.17) is 0 Å². The summed E-state index contributed by atoms with van der Waals surface area (Å²) >= 11 is 0. The number of rotatable bonds is 5. The molecule has 1 amide bonds. The van der Waals surface area contributed by atoms with Gasteiger partial charge in [-0.1, -0.05) is 30.3 Å². The van der Waals surface area contributed by atoms with Crippen molar-refractivity contribution in [2.45, 2.75) is 32.1 Å². The number of hydrogen-bond acceptors (Lipinski definition) is 3. The fourth-order valence-corrected chi connectivity index (χ4v) is 3.92. The lowest BCUT2D eigenvalue weighted by atomic mass is 9.90. The third-order valence-electron chi connectivity index (χ3n) is 5.50. The van der Waals surface area contributed by atoms with Crippen molar-refractivity contribution in [2.75, 3.05) is 25.0 Å². The first-order valence-electron chi connectivity index (χ1n) is 9.63. The van der Waals surface area contributed by atoms with Gasteiger partial charge >= 0.3 is 0 Å². The number of aromatic nitrogens is 2. The highest BCUT2D eigenvalue weighted by Crippen LogP contribution is 2.33. The van der Waals surface area contributed by atoms with Crippen molar-refractivity contribution in [3.63, 3.8) is 0 Å². The third-order valence-corrected chi connectivity index (χ3v) is 5.50. The van der Waals surface area contributed by atoms with Crippen LogP contribution < -0.4 is 10.2 Å². The summed E-state index contributed by atoms with van der Waals surface area (Å²) in [7, 11) is 2.13. The highest BCUT2D eigenvalue weighted by atomic mass is 16.1. The third kappa shape index (κ3) is 3.68. The van der Waals surface area contributed by atoms with Crippen molar-refractivity contribution in [1.29, 1.82) is 0 Å². The first-order chi connectivity index (χ1) is 13.1. The smallest absolute Gasteiger partial charge is 0.220 e. The Morgan fingerprint density at radius 3 is 2.96 bits per heavy atom. The number of aryl methyl sites for hydroxylation is 2. The largest absolute Gasteiger partial charge is 0.374 e. The average Bonchev–Trinajstić information content (AvgIpc) is 3.11. The molecule has 0 spiro atoms. The number of carbonyl (C=O) groups excluding carboxylic acids is 1. The van der Waals surface area contributed by atoms with E-state index in [0.29, 0.717) is 25.3 Å². The second-order valence-corrected chi connectivity index (χ2v) is 7.42. The lowest BCUT2D eigenvalue weighted by molar-refractivity contribution is -0.121. The number of fused-ring (bicyclic) bond motifs is 2. The van der Waals surface area contributed by atoms with E-state index in [0.717, 1.165) is 35.4 Å². The Morgan fingerprint density at radius 2 is 2.11 bits per heavy atom. The van der Waals surface area contributed by atoms with Gasteiger partial charge in [-0.3, -0.25) is 4.79 Å². The summed E-state index contributed by atoms with van der Waals surface area (Å²) in [4.78, 5) is 22.6. The maximum atomic E-state index is 12.4. The molecule has 0 fully saturated rings. The predicted molar refractivity (Wildman–Crippen MR) is 109 cm³/mol. The Morgan fingerprint density at radius 1 is 1.26 bits per heavy atom. The number of hydrogen-bond donors (Lipinski definition) is 2. The summed E-state index contributed by atoms with van der Waals surface area (Å²) in [5, 5.41) is 3.12. The van der Waals surface area contributed by atoms with E-state index in [2.05, 4.69) is 64.5 Å². The predicted octanol–water partition coefficient (Wildman–Crippen LogP) is 3.54. The van der Waals surface area contributed by atoms with E-state index >= 15 is 0 Å². The Kier molecular flexibility index (Phi) is 4.84. The highest BCUT2D eigenvalue weighted by molar-refractivity contribution is 5.79. The van der Waals surface area contributed by atoms with Crippen molar-refractivity contribution < 1.29 is 4.79 Å². The molecule has 0 saturated heterocycles. The van der Waals surface area contributed by atoms with Crippen molar-refractivity contribution >= 4 is 22.6 Å². The van der Waals surface area contributed by atoms with Gasteiger partial charge in [0, 0.05) is 44.6 Å². The molecule has 1 unspecified atom stereocenters. The minimum Gasteiger partial charge on any atom is -0.374 e. The lowest BCUT2D eigenvalue weighted by Crippen LogP contribution is -2.34. The molecule has 0 radical (unpaired) electrons. The summed E-state index contributed by atoms with van der Waals surface area (Å²) in [5.74, 6) is 1.35. The monoisotopic (exact) mass is 362 g/mol. The van der Waals surface area contributed by atoms with E-state index < -0.39 is 0 Å². The van der Waals surface area contributed by atoms with Crippen LogP contribution >= 0.6 is 0 Å². The number of nitrogens with zero attached hydrogens (tertiary/aromatic N) is 2. The van der Waals surface area contributed by atoms with E-state index in [1.54, 1.807) is 0 Å². The summed E-state index contributed by atoms with van der Waals surface area (Å²) in [5.41, 5.74) is 5.80. The minimum absolute atomic E-state index is 0.0867. The molecule has 5 nitrogen and oxygen atoms in total. The molecule has 1 aromatic heterocycles.